The summed E-state index contributed by atoms with van der Waals surface area (Å²) in [7, 11) is 4.94. The third kappa shape index (κ3) is 4.89. The molecule has 1 atom stereocenters. The SMILES string of the molecule is C=Cc1ccc(OC(F)F)c(C2C(NC(=O)c3cnn4cccnc34)=CN(CC(=O)N(C)C)N2C)c1. The van der Waals surface area contributed by atoms with Crippen molar-refractivity contribution in [3.8, 4) is 5.75 Å². The van der Waals surface area contributed by atoms with Crippen molar-refractivity contribution in [1.29, 1.82) is 0 Å². The number of nitrogens with one attached hydrogen (secondary N) is 1. The van der Waals surface area contributed by atoms with Gasteiger partial charge >= 0.3 is 6.61 Å². The number of likely N-dealkylation sites (N-methyl/N-ethyl adjacent to an activating group) is 2. The van der Waals surface area contributed by atoms with Gasteiger partial charge in [-0.25, -0.2) is 14.5 Å². The molecule has 2 aromatic heterocycles. The first-order valence-electron chi connectivity index (χ1n) is 10.9. The Morgan fingerprint density at radius 3 is 2.81 bits per heavy atom. The van der Waals surface area contributed by atoms with Gasteiger partial charge in [0.15, 0.2) is 5.65 Å². The molecule has 0 saturated heterocycles. The molecule has 10 nitrogen and oxygen atoms in total. The van der Waals surface area contributed by atoms with Crippen LogP contribution in [-0.4, -0.2) is 75.6 Å². The predicted octanol–water partition coefficient (Wildman–Crippen LogP) is 2.54. The van der Waals surface area contributed by atoms with Gasteiger partial charge in [-0.3, -0.25) is 9.59 Å². The van der Waals surface area contributed by atoms with Gasteiger partial charge in [0.1, 0.15) is 17.9 Å². The molecule has 0 aliphatic carbocycles. The lowest BCUT2D eigenvalue weighted by Crippen LogP contribution is -2.41. The van der Waals surface area contributed by atoms with Gasteiger partial charge in [0.25, 0.3) is 5.91 Å². The van der Waals surface area contributed by atoms with E-state index >= 15 is 0 Å². The summed E-state index contributed by atoms with van der Waals surface area (Å²) in [5, 5.41) is 10.3. The summed E-state index contributed by atoms with van der Waals surface area (Å²) in [5.41, 5.74) is 1.96. The molecular weight excluding hydrogens is 472 g/mol. The highest BCUT2D eigenvalue weighted by Crippen LogP contribution is 2.39. The number of hydrogen-bond donors (Lipinski definition) is 1. The van der Waals surface area contributed by atoms with Crippen LogP contribution in [0.2, 0.25) is 0 Å². The topological polar surface area (TPSA) is 95.3 Å². The van der Waals surface area contributed by atoms with E-state index < -0.39 is 18.6 Å². The minimum atomic E-state index is -3.05. The zero-order valence-corrected chi connectivity index (χ0v) is 19.9. The average Bonchev–Trinajstić information content (AvgIpc) is 3.40. The van der Waals surface area contributed by atoms with Crippen LogP contribution in [0.3, 0.4) is 0 Å². The lowest BCUT2D eigenvalue weighted by atomic mass is 10.00. The number of fused-ring (bicyclic) bond motifs is 1. The second-order valence-electron chi connectivity index (χ2n) is 8.23. The highest BCUT2D eigenvalue weighted by molar-refractivity contribution is 6.00. The van der Waals surface area contributed by atoms with E-state index in [1.807, 2.05) is 0 Å². The van der Waals surface area contributed by atoms with Gasteiger partial charge in [0.05, 0.1) is 17.9 Å². The Hall–Kier alpha value is -4.32. The molecule has 1 unspecified atom stereocenters. The highest BCUT2D eigenvalue weighted by Gasteiger charge is 2.36. The smallest absolute Gasteiger partial charge is 0.387 e. The summed E-state index contributed by atoms with van der Waals surface area (Å²) >= 11 is 0. The minimum Gasteiger partial charge on any atom is -0.434 e. The first-order chi connectivity index (χ1) is 17.2. The largest absolute Gasteiger partial charge is 0.434 e. The zero-order valence-electron chi connectivity index (χ0n) is 19.9. The number of carbonyl (C=O) groups is 2. The minimum absolute atomic E-state index is 0.0379. The molecule has 0 saturated carbocycles. The van der Waals surface area contributed by atoms with E-state index in [0.29, 0.717) is 22.5 Å². The van der Waals surface area contributed by atoms with E-state index in [9.17, 15) is 18.4 Å². The predicted molar refractivity (Wildman–Crippen MR) is 128 cm³/mol. The van der Waals surface area contributed by atoms with Crippen molar-refractivity contribution < 1.29 is 23.1 Å². The number of rotatable bonds is 8. The molecule has 0 bridgehead atoms. The van der Waals surface area contributed by atoms with Crippen LogP contribution in [0.15, 0.2) is 61.3 Å². The highest BCUT2D eigenvalue weighted by atomic mass is 19.3. The van der Waals surface area contributed by atoms with Crippen molar-refractivity contribution in [2.45, 2.75) is 12.7 Å². The molecule has 1 aliphatic rings. The number of benzene rings is 1. The van der Waals surface area contributed by atoms with E-state index in [0.717, 1.165) is 0 Å². The van der Waals surface area contributed by atoms with Crippen molar-refractivity contribution in [3.05, 3.63) is 78.0 Å². The summed E-state index contributed by atoms with van der Waals surface area (Å²) in [6.07, 6.45) is 7.76. The van der Waals surface area contributed by atoms with Crippen LogP contribution in [0.5, 0.6) is 5.75 Å². The number of ether oxygens (including phenoxy) is 1. The van der Waals surface area contributed by atoms with Crippen LogP contribution < -0.4 is 10.1 Å². The molecule has 3 heterocycles. The molecule has 1 aliphatic heterocycles. The molecule has 0 radical (unpaired) electrons. The summed E-state index contributed by atoms with van der Waals surface area (Å²) in [4.78, 5) is 31.3. The summed E-state index contributed by atoms with van der Waals surface area (Å²) in [6, 6.07) is 5.60. The monoisotopic (exact) mass is 497 g/mol. The number of halogens is 2. The molecule has 36 heavy (non-hydrogen) atoms. The molecule has 1 aromatic carbocycles. The van der Waals surface area contributed by atoms with Gasteiger partial charge in [-0.15, -0.1) is 0 Å². The maximum Gasteiger partial charge on any atom is 0.387 e. The average molecular weight is 498 g/mol. The number of aromatic nitrogens is 3. The summed E-state index contributed by atoms with van der Waals surface area (Å²) in [6.45, 7) is 0.658. The number of amides is 2. The van der Waals surface area contributed by atoms with Crippen LogP contribution in [0.1, 0.15) is 27.5 Å². The van der Waals surface area contributed by atoms with Gasteiger partial charge < -0.3 is 20.0 Å². The fourth-order valence-electron chi connectivity index (χ4n) is 3.88. The van der Waals surface area contributed by atoms with Crippen LogP contribution >= 0.6 is 0 Å². The van der Waals surface area contributed by atoms with Gasteiger partial charge in [-0.05, 0) is 23.8 Å². The molecule has 3 aromatic rings. The number of carbonyl (C=O) groups excluding carboxylic acids is 2. The van der Waals surface area contributed by atoms with E-state index in [2.05, 4.69) is 22.0 Å². The van der Waals surface area contributed by atoms with Gasteiger partial charge in [-0.1, -0.05) is 18.7 Å². The lowest BCUT2D eigenvalue weighted by molar-refractivity contribution is -0.132. The Morgan fingerprint density at radius 2 is 2.11 bits per heavy atom. The standard InChI is InChI=1S/C24H25F2N7O3/c1-5-15-7-8-19(36-24(25)26)16(11-15)21-18(13-32(31(21)4)14-20(34)30(2)3)29-23(35)17-12-28-33-10-6-9-27-22(17)33/h5-13,21,24H,1,14H2,2-4H3,(H,29,35). The second-order valence-corrected chi connectivity index (χ2v) is 8.23. The van der Waals surface area contributed by atoms with Crippen LogP contribution in [0.25, 0.3) is 11.7 Å². The lowest BCUT2D eigenvalue weighted by Gasteiger charge is -2.31. The Labute approximate surface area is 206 Å². The Morgan fingerprint density at radius 1 is 1.33 bits per heavy atom. The van der Waals surface area contributed by atoms with E-state index in [-0.39, 0.29) is 23.8 Å². The molecule has 1 N–H and O–H groups in total. The van der Waals surface area contributed by atoms with Gasteiger partial charge in [0, 0.05) is 45.3 Å². The molecule has 4 rings (SSSR count). The normalized spacial score (nSPS) is 15.8. The summed E-state index contributed by atoms with van der Waals surface area (Å²) in [5.74, 6) is -0.753. The molecule has 0 fully saturated rings. The quantitative estimate of drug-likeness (QED) is 0.511. The first kappa shape index (κ1) is 24.8. The van der Waals surface area contributed by atoms with Crippen molar-refractivity contribution >= 4 is 23.5 Å². The van der Waals surface area contributed by atoms with Crippen LogP contribution in [0.4, 0.5) is 8.78 Å². The molecule has 2 amide bonds. The first-order valence-corrected chi connectivity index (χ1v) is 10.9. The van der Waals surface area contributed by atoms with Crippen molar-refractivity contribution in [1.82, 2.24) is 34.8 Å². The van der Waals surface area contributed by atoms with Crippen molar-refractivity contribution in [3.63, 3.8) is 0 Å². The van der Waals surface area contributed by atoms with E-state index in [4.69, 9.17) is 4.74 Å². The maximum absolute atomic E-state index is 13.3. The third-order valence-electron chi connectivity index (χ3n) is 5.72. The van der Waals surface area contributed by atoms with Gasteiger partial charge in [0.2, 0.25) is 5.91 Å². The Kier molecular flexibility index (Phi) is 6.97. The van der Waals surface area contributed by atoms with Crippen molar-refractivity contribution in [2.24, 2.45) is 0 Å². The zero-order chi connectivity index (χ0) is 26.0. The van der Waals surface area contributed by atoms with Crippen LogP contribution in [-0.2, 0) is 4.79 Å². The third-order valence-corrected chi connectivity index (χ3v) is 5.72. The Bertz CT molecular complexity index is 1340. The van der Waals surface area contributed by atoms with E-state index in [1.165, 1.54) is 21.7 Å². The fourth-order valence-corrected chi connectivity index (χ4v) is 3.88. The maximum atomic E-state index is 13.3. The number of alkyl halides is 2. The Balaban J connectivity index is 1.75. The molecule has 0 spiro atoms. The van der Waals surface area contributed by atoms with E-state index in [1.54, 1.807) is 74.0 Å². The fraction of sp³-hybridized carbons (Fsp3) is 0.250. The van der Waals surface area contributed by atoms with Crippen LogP contribution in [0, 0.1) is 0 Å². The number of nitrogens with zero attached hydrogens (tertiary/aromatic N) is 6. The van der Waals surface area contributed by atoms with Gasteiger partial charge in [-0.2, -0.15) is 13.9 Å². The molecule has 12 heteroatoms. The number of hydrogen-bond acceptors (Lipinski definition) is 7. The second kappa shape index (κ2) is 10.1. The number of hydrazine groups is 1. The molecular formula is C24H25F2N7O3. The molecule has 188 valence electrons. The van der Waals surface area contributed by atoms with Crippen molar-refractivity contribution in [2.75, 3.05) is 27.7 Å². The summed E-state index contributed by atoms with van der Waals surface area (Å²) < 4.78 is 32.7.